The molecule has 17 heavy (non-hydrogen) atoms. The molecule has 2 unspecified atom stereocenters. The lowest BCUT2D eigenvalue weighted by Gasteiger charge is -2.41. The topological polar surface area (TPSA) is 26.0 Å². The fraction of sp³-hybridized carbons (Fsp3) is 0.714. The Morgan fingerprint density at radius 3 is 2.71 bits per heavy atom. The molecule has 2 atom stereocenters. The lowest BCUT2D eigenvalue weighted by Crippen LogP contribution is -2.35. The Hall–Kier alpha value is 0.140. The third-order valence-corrected chi connectivity index (χ3v) is 6.47. The molecule has 1 saturated carbocycles. The summed E-state index contributed by atoms with van der Waals surface area (Å²) < 4.78 is 1.21. The molecule has 2 rings (SSSR count). The number of hydrogen-bond donors (Lipinski definition) is 1. The molecule has 0 bridgehead atoms. The van der Waals surface area contributed by atoms with E-state index >= 15 is 0 Å². The highest BCUT2D eigenvalue weighted by Gasteiger charge is 2.37. The van der Waals surface area contributed by atoms with Crippen molar-refractivity contribution in [2.75, 3.05) is 0 Å². The van der Waals surface area contributed by atoms with E-state index in [2.05, 4.69) is 42.8 Å². The Labute approximate surface area is 117 Å². The van der Waals surface area contributed by atoms with Crippen molar-refractivity contribution >= 4 is 27.3 Å². The molecule has 1 heterocycles. The molecule has 3 heteroatoms. The van der Waals surface area contributed by atoms with Gasteiger partial charge in [-0.1, -0.05) is 26.7 Å². The van der Waals surface area contributed by atoms with Crippen molar-refractivity contribution in [3.63, 3.8) is 0 Å². The highest BCUT2D eigenvalue weighted by molar-refractivity contribution is 9.10. The number of halogens is 1. The molecule has 1 fully saturated rings. The standard InChI is InChI=1S/C14H22BrNS/c1-9-11(15)8-12(17-9)13(16)10-6-4-5-7-14(10,2)3/h8,10,13H,4-7,16H2,1-3H3. The molecular weight excluding hydrogens is 294 g/mol. The lowest BCUT2D eigenvalue weighted by molar-refractivity contribution is 0.114. The maximum absolute atomic E-state index is 6.52. The summed E-state index contributed by atoms with van der Waals surface area (Å²) in [6, 6.07) is 2.43. The van der Waals surface area contributed by atoms with Crippen molar-refractivity contribution in [1.82, 2.24) is 0 Å². The van der Waals surface area contributed by atoms with E-state index in [0.717, 1.165) is 0 Å². The van der Waals surface area contributed by atoms with Crippen LogP contribution in [0.15, 0.2) is 10.5 Å². The molecule has 1 aliphatic rings. The zero-order valence-electron chi connectivity index (χ0n) is 10.9. The Morgan fingerprint density at radius 1 is 1.47 bits per heavy atom. The van der Waals surface area contributed by atoms with Crippen LogP contribution in [0.1, 0.15) is 55.3 Å². The molecule has 1 nitrogen and oxygen atoms in total. The van der Waals surface area contributed by atoms with Gasteiger partial charge in [-0.15, -0.1) is 11.3 Å². The molecule has 2 N–H and O–H groups in total. The first-order valence-corrected chi connectivity index (χ1v) is 8.04. The first-order valence-electron chi connectivity index (χ1n) is 6.43. The molecule has 0 spiro atoms. The molecule has 1 aliphatic carbocycles. The zero-order chi connectivity index (χ0) is 12.6. The fourth-order valence-electron chi connectivity index (χ4n) is 3.03. The van der Waals surface area contributed by atoms with Gasteiger partial charge >= 0.3 is 0 Å². The summed E-state index contributed by atoms with van der Waals surface area (Å²) >= 11 is 5.44. The summed E-state index contributed by atoms with van der Waals surface area (Å²) in [6.45, 7) is 6.91. The molecule has 0 amide bonds. The summed E-state index contributed by atoms with van der Waals surface area (Å²) in [5.74, 6) is 0.626. The van der Waals surface area contributed by atoms with Crippen LogP contribution in [0.25, 0.3) is 0 Å². The zero-order valence-corrected chi connectivity index (χ0v) is 13.3. The second-order valence-electron chi connectivity index (χ2n) is 5.92. The minimum atomic E-state index is 0.209. The highest BCUT2D eigenvalue weighted by atomic mass is 79.9. The van der Waals surface area contributed by atoms with Crippen LogP contribution in [0.3, 0.4) is 0 Å². The largest absolute Gasteiger partial charge is 0.323 e. The van der Waals surface area contributed by atoms with Gasteiger partial charge in [0, 0.05) is 20.3 Å². The second-order valence-corrected chi connectivity index (χ2v) is 8.06. The maximum atomic E-state index is 6.52. The summed E-state index contributed by atoms with van der Waals surface area (Å²) in [6.07, 6.45) is 5.30. The Balaban J connectivity index is 2.21. The normalized spacial score (nSPS) is 25.8. The van der Waals surface area contributed by atoms with Gasteiger partial charge in [-0.2, -0.15) is 0 Å². The van der Waals surface area contributed by atoms with Crippen LogP contribution in [-0.4, -0.2) is 0 Å². The summed E-state index contributed by atoms with van der Waals surface area (Å²) in [5.41, 5.74) is 6.91. The second kappa shape index (κ2) is 5.02. The Morgan fingerprint density at radius 2 is 2.18 bits per heavy atom. The first kappa shape index (κ1) is 13.6. The van der Waals surface area contributed by atoms with Crippen LogP contribution < -0.4 is 5.73 Å². The summed E-state index contributed by atoms with van der Waals surface area (Å²) in [7, 11) is 0. The van der Waals surface area contributed by atoms with E-state index in [4.69, 9.17) is 5.73 Å². The average Bonchev–Trinajstić information content (AvgIpc) is 2.58. The van der Waals surface area contributed by atoms with Crippen LogP contribution in [0.5, 0.6) is 0 Å². The molecule has 1 aromatic heterocycles. The minimum Gasteiger partial charge on any atom is -0.323 e. The van der Waals surface area contributed by atoms with Crippen molar-refractivity contribution < 1.29 is 0 Å². The van der Waals surface area contributed by atoms with Gasteiger partial charge in [-0.05, 0) is 53.1 Å². The lowest BCUT2D eigenvalue weighted by atomic mass is 9.66. The Kier molecular flexibility index (Phi) is 4.01. The fourth-order valence-corrected chi connectivity index (χ4v) is 4.66. The van der Waals surface area contributed by atoms with Gasteiger partial charge in [0.15, 0.2) is 0 Å². The van der Waals surface area contributed by atoms with Gasteiger partial charge in [0.1, 0.15) is 0 Å². The molecule has 96 valence electrons. The van der Waals surface area contributed by atoms with Crippen molar-refractivity contribution in [2.24, 2.45) is 17.1 Å². The number of aryl methyl sites for hydroxylation is 1. The number of hydrogen-bond acceptors (Lipinski definition) is 2. The SMILES string of the molecule is Cc1sc(C(N)C2CCCCC2(C)C)cc1Br. The smallest absolute Gasteiger partial charge is 0.0424 e. The van der Waals surface area contributed by atoms with E-state index in [1.165, 1.54) is 39.9 Å². The van der Waals surface area contributed by atoms with Crippen LogP contribution in [0, 0.1) is 18.3 Å². The monoisotopic (exact) mass is 315 g/mol. The summed E-state index contributed by atoms with van der Waals surface area (Å²) in [4.78, 5) is 2.68. The van der Waals surface area contributed by atoms with Gasteiger partial charge < -0.3 is 5.73 Å². The maximum Gasteiger partial charge on any atom is 0.0424 e. The first-order chi connectivity index (χ1) is 7.92. The minimum absolute atomic E-state index is 0.209. The van der Waals surface area contributed by atoms with E-state index in [1.54, 1.807) is 0 Å². The third-order valence-electron chi connectivity index (χ3n) is 4.23. The Bertz CT molecular complexity index is 377. The van der Waals surface area contributed by atoms with E-state index in [1.807, 2.05) is 11.3 Å². The van der Waals surface area contributed by atoms with Crippen LogP contribution in [0.2, 0.25) is 0 Å². The van der Waals surface area contributed by atoms with Crippen molar-refractivity contribution in [3.8, 4) is 0 Å². The average molecular weight is 316 g/mol. The predicted molar refractivity (Wildman–Crippen MR) is 79.4 cm³/mol. The van der Waals surface area contributed by atoms with Crippen molar-refractivity contribution in [2.45, 2.75) is 52.5 Å². The third kappa shape index (κ3) is 2.77. The molecule has 0 aromatic carbocycles. The van der Waals surface area contributed by atoms with E-state index in [-0.39, 0.29) is 6.04 Å². The molecule has 0 radical (unpaired) electrons. The van der Waals surface area contributed by atoms with E-state index < -0.39 is 0 Å². The highest BCUT2D eigenvalue weighted by Crippen LogP contribution is 2.47. The van der Waals surface area contributed by atoms with Gasteiger partial charge in [-0.3, -0.25) is 0 Å². The molecular formula is C14H22BrNS. The summed E-state index contributed by atoms with van der Waals surface area (Å²) in [5, 5.41) is 0. The van der Waals surface area contributed by atoms with Crippen LogP contribution in [-0.2, 0) is 0 Å². The van der Waals surface area contributed by atoms with Gasteiger partial charge in [-0.25, -0.2) is 0 Å². The van der Waals surface area contributed by atoms with Gasteiger partial charge in [0.2, 0.25) is 0 Å². The van der Waals surface area contributed by atoms with Crippen LogP contribution >= 0.6 is 27.3 Å². The molecule has 0 aliphatic heterocycles. The van der Waals surface area contributed by atoms with E-state index in [9.17, 15) is 0 Å². The number of nitrogens with two attached hydrogens (primary N) is 1. The van der Waals surface area contributed by atoms with Crippen molar-refractivity contribution in [3.05, 3.63) is 20.3 Å². The number of thiophene rings is 1. The molecule has 1 aromatic rings. The van der Waals surface area contributed by atoms with E-state index in [0.29, 0.717) is 11.3 Å². The molecule has 0 saturated heterocycles. The number of rotatable bonds is 2. The predicted octanol–water partition coefficient (Wildman–Crippen LogP) is 5.04. The van der Waals surface area contributed by atoms with Crippen molar-refractivity contribution in [1.29, 1.82) is 0 Å². The van der Waals surface area contributed by atoms with Gasteiger partial charge in [0.25, 0.3) is 0 Å². The van der Waals surface area contributed by atoms with Crippen LogP contribution in [0.4, 0.5) is 0 Å². The quantitative estimate of drug-likeness (QED) is 0.813. The van der Waals surface area contributed by atoms with Gasteiger partial charge in [0.05, 0.1) is 0 Å².